The van der Waals surface area contributed by atoms with Crippen LogP contribution >= 0.6 is 15.9 Å². The molecular formula is C17H13BrO3. The molecule has 106 valence electrons. The molecule has 21 heavy (non-hydrogen) atoms. The van der Waals surface area contributed by atoms with Crippen LogP contribution in [0.3, 0.4) is 0 Å². The predicted octanol–water partition coefficient (Wildman–Crippen LogP) is 4.05. The molecule has 0 atom stereocenters. The van der Waals surface area contributed by atoms with Crippen molar-refractivity contribution in [2.45, 2.75) is 13.0 Å². The molecule has 0 saturated carbocycles. The van der Waals surface area contributed by atoms with Gasteiger partial charge in [0.25, 0.3) is 0 Å². The molecule has 1 aliphatic heterocycles. The second-order valence-electron chi connectivity index (χ2n) is 4.70. The first-order valence-corrected chi connectivity index (χ1v) is 7.39. The van der Waals surface area contributed by atoms with Crippen molar-refractivity contribution in [1.29, 1.82) is 0 Å². The second kappa shape index (κ2) is 6.14. The van der Waals surface area contributed by atoms with E-state index in [4.69, 9.17) is 9.47 Å². The van der Waals surface area contributed by atoms with Crippen LogP contribution in [0.15, 0.2) is 59.1 Å². The molecule has 0 N–H and O–H groups in total. The number of esters is 1. The minimum Gasteiger partial charge on any atom is -0.489 e. The maximum Gasteiger partial charge on any atom is 0.335 e. The van der Waals surface area contributed by atoms with E-state index >= 15 is 0 Å². The minimum absolute atomic E-state index is 0.354. The van der Waals surface area contributed by atoms with Crippen LogP contribution in [0.25, 0.3) is 0 Å². The van der Waals surface area contributed by atoms with Gasteiger partial charge >= 0.3 is 5.97 Å². The van der Waals surface area contributed by atoms with Crippen LogP contribution in [0, 0.1) is 0 Å². The van der Waals surface area contributed by atoms with E-state index < -0.39 is 0 Å². The molecule has 3 rings (SSSR count). The van der Waals surface area contributed by atoms with Gasteiger partial charge in [-0.3, -0.25) is 0 Å². The predicted molar refractivity (Wildman–Crippen MR) is 83.4 cm³/mol. The average Bonchev–Trinajstić information content (AvgIpc) is 2.68. The molecule has 0 saturated heterocycles. The largest absolute Gasteiger partial charge is 0.489 e. The number of hydrogen-bond acceptors (Lipinski definition) is 3. The molecule has 0 aliphatic carbocycles. The number of hydrogen-bond donors (Lipinski definition) is 0. The van der Waals surface area contributed by atoms with Gasteiger partial charge in [-0.1, -0.05) is 36.4 Å². The summed E-state index contributed by atoms with van der Waals surface area (Å²) in [6, 6.07) is 13.7. The zero-order valence-corrected chi connectivity index (χ0v) is 12.8. The van der Waals surface area contributed by atoms with E-state index in [1.165, 1.54) is 6.08 Å². The number of benzene rings is 2. The van der Waals surface area contributed by atoms with E-state index in [0.29, 0.717) is 18.8 Å². The fourth-order valence-corrected chi connectivity index (χ4v) is 2.69. The summed E-state index contributed by atoms with van der Waals surface area (Å²) < 4.78 is 11.8. The molecule has 2 aromatic carbocycles. The SMILES string of the molecule is O=C1C=CCc2cc(OCc3ccccc3)cc(Br)c2O1. The quantitative estimate of drug-likeness (QED) is 0.622. The van der Waals surface area contributed by atoms with Crippen molar-refractivity contribution < 1.29 is 14.3 Å². The number of rotatable bonds is 3. The third-order valence-corrected chi connectivity index (χ3v) is 3.73. The van der Waals surface area contributed by atoms with Crippen molar-refractivity contribution in [1.82, 2.24) is 0 Å². The van der Waals surface area contributed by atoms with E-state index in [9.17, 15) is 4.79 Å². The Bertz CT molecular complexity index is 693. The van der Waals surface area contributed by atoms with E-state index in [0.717, 1.165) is 21.3 Å². The van der Waals surface area contributed by atoms with E-state index in [1.807, 2.05) is 42.5 Å². The molecule has 0 radical (unpaired) electrons. The maximum atomic E-state index is 11.4. The van der Waals surface area contributed by atoms with Crippen molar-refractivity contribution in [3.8, 4) is 11.5 Å². The van der Waals surface area contributed by atoms with E-state index in [1.54, 1.807) is 6.08 Å². The third kappa shape index (κ3) is 3.34. The highest BCUT2D eigenvalue weighted by Gasteiger charge is 2.16. The highest BCUT2D eigenvalue weighted by atomic mass is 79.9. The molecule has 0 aromatic heterocycles. The summed E-state index contributed by atoms with van der Waals surface area (Å²) in [5.41, 5.74) is 2.03. The van der Waals surface area contributed by atoms with E-state index in [2.05, 4.69) is 15.9 Å². The molecule has 2 aromatic rings. The Kier molecular flexibility index (Phi) is 4.06. The van der Waals surface area contributed by atoms with Crippen molar-refractivity contribution in [2.75, 3.05) is 0 Å². The second-order valence-corrected chi connectivity index (χ2v) is 5.55. The van der Waals surface area contributed by atoms with Crippen molar-refractivity contribution in [2.24, 2.45) is 0 Å². The molecule has 4 heteroatoms. The Morgan fingerprint density at radius 2 is 2.00 bits per heavy atom. The number of carbonyl (C=O) groups excluding carboxylic acids is 1. The van der Waals surface area contributed by atoms with Gasteiger partial charge in [-0.2, -0.15) is 0 Å². The van der Waals surface area contributed by atoms with Crippen molar-refractivity contribution in [3.63, 3.8) is 0 Å². The Morgan fingerprint density at radius 3 is 2.81 bits per heavy atom. The molecule has 1 heterocycles. The molecule has 0 fully saturated rings. The topological polar surface area (TPSA) is 35.5 Å². The number of halogens is 1. The maximum absolute atomic E-state index is 11.4. The molecule has 3 nitrogen and oxygen atoms in total. The Hall–Kier alpha value is -2.07. The van der Waals surface area contributed by atoms with Gasteiger partial charge in [0, 0.05) is 11.6 Å². The number of carbonyl (C=O) groups is 1. The first-order valence-electron chi connectivity index (χ1n) is 6.60. The molecule has 0 spiro atoms. The summed E-state index contributed by atoms with van der Waals surface area (Å²) in [7, 11) is 0. The number of allylic oxidation sites excluding steroid dienone is 1. The molecule has 0 unspecified atom stereocenters. The van der Waals surface area contributed by atoms with Gasteiger partial charge in [0.1, 0.15) is 18.1 Å². The smallest absolute Gasteiger partial charge is 0.335 e. The zero-order chi connectivity index (χ0) is 14.7. The lowest BCUT2D eigenvalue weighted by Crippen LogP contribution is -2.04. The lowest BCUT2D eigenvalue weighted by atomic mass is 10.1. The monoisotopic (exact) mass is 344 g/mol. The van der Waals surface area contributed by atoms with Gasteiger partial charge < -0.3 is 9.47 Å². The van der Waals surface area contributed by atoms with Crippen molar-refractivity contribution in [3.05, 3.63) is 70.2 Å². The van der Waals surface area contributed by atoms with Gasteiger partial charge in [0.15, 0.2) is 0 Å². The van der Waals surface area contributed by atoms with Crippen LogP contribution < -0.4 is 9.47 Å². The lowest BCUT2D eigenvalue weighted by Gasteiger charge is -2.12. The first-order chi connectivity index (χ1) is 10.2. The Balaban J connectivity index is 1.81. The summed E-state index contributed by atoms with van der Waals surface area (Å²) in [5.74, 6) is 0.959. The van der Waals surface area contributed by atoms with Gasteiger partial charge in [0.05, 0.1) is 4.47 Å². The highest BCUT2D eigenvalue weighted by molar-refractivity contribution is 9.10. The highest BCUT2D eigenvalue weighted by Crippen LogP contribution is 2.35. The first kappa shape index (κ1) is 13.9. The van der Waals surface area contributed by atoms with Gasteiger partial charge in [0.2, 0.25) is 0 Å². The van der Waals surface area contributed by atoms with Gasteiger partial charge in [-0.05, 0) is 40.0 Å². The van der Waals surface area contributed by atoms with Crippen LogP contribution in [0.1, 0.15) is 11.1 Å². The van der Waals surface area contributed by atoms with E-state index in [-0.39, 0.29) is 5.97 Å². The van der Waals surface area contributed by atoms with Crippen LogP contribution in [0.4, 0.5) is 0 Å². The minimum atomic E-state index is -0.354. The summed E-state index contributed by atoms with van der Waals surface area (Å²) >= 11 is 3.44. The lowest BCUT2D eigenvalue weighted by molar-refractivity contribution is -0.128. The van der Waals surface area contributed by atoms with Crippen molar-refractivity contribution >= 4 is 21.9 Å². The summed E-state index contributed by atoms with van der Waals surface area (Å²) in [4.78, 5) is 11.4. The van der Waals surface area contributed by atoms with Crippen LogP contribution in [-0.2, 0) is 17.8 Å². The summed E-state index contributed by atoms with van der Waals surface area (Å²) in [6.45, 7) is 0.502. The fraction of sp³-hybridized carbons (Fsp3) is 0.118. The van der Waals surface area contributed by atoms with Crippen LogP contribution in [-0.4, -0.2) is 5.97 Å². The van der Waals surface area contributed by atoms with Gasteiger partial charge in [-0.25, -0.2) is 4.79 Å². The molecular weight excluding hydrogens is 332 g/mol. The zero-order valence-electron chi connectivity index (χ0n) is 11.2. The number of ether oxygens (including phenoxy) is 2. The molecule has 1 aliphatic rings. The third-order valence-electron chi connectivity index (χ3n) is 3.14. The Morgan fingerprint density at radius 1 is 1.19 bits per heavy atom. The normalized spacial score (nSPS) is 13.3. The summed E-state index contributed by atoms with van der Waals surface area (Å²) in [6.07, 6.45) is 3.88. The van der Waals surface area contributed by atoms with Crippen LogP contribution in [0.5, 0.6) is 11.5 Å². The molecule has 0 amide bonds. The van der Waals surface area contributed by atoms with Gasteiger partial charge in [-0.15, -0.1) is 0 Å². The standard InChI is InChI=1S/C17H13BrO3/c18-15-10-14(20-11-12-5-2-1-3-6-12)9-13-7-4-8-16(19)21-17(13)15/h1-6,8-10H,7,11H2. The average molecular weight is 345 g/mol. The molecule has 0 bridgehead atoms. The Labute approximate surface area is 131 Å². The summed E-state index contributed by atoms with van der Waals surface area (Å²) in [5, 5.41) is 0. The number of fused-ring (bicyclic) bond motifs is 1. The van der Waals surface area contributed by atoms with Crippen LogP contribution in [0.2, 0.25) is 0 Å². The fourth-order valence-electron chi connectivity index (χ4n) is 2.13.